The maximum absolute atomic E-state index is 12.4. The van der Waals surface area contributed by atoms with Gasteiger partial charge in [0.25, 0.3) is 0 Å². The minimum Gasteiger partial charge on any atom is -0.351 e. The first-order chi connectivity index (χ1) is 6.96. The number of hydrogen-bond donors (Lipinski definition) is 1. The average Bonchev–Trinajstić information content (AvgIpc) is 2.14. The average molecular weight is 260 g/mol. The molecule has 0 aliphatic heterocycles. The van der Waals surface area contributed by atoms with Crippen LogP contribution in [-0.2, 0) is 0 Å². The topological polar surface area (TPSA) is 20.2 Å². The van der Waals surface area contributed by atoms with Gasteiger partial charge in [-0.05, 0) is 0 Å². The Morgan fingerprint density at radius 1 is 0.688 bits per heavy atom. The molecule has 0 aromatic rings. The molecule has 0 amide bonds. The van der Waals surface area contributed by atoms with Gasteiger partial charge in [-0.2, -0.15) is 39.5 Å². The van der Waals surface area contributed by atoms with Crippen molar-refractivity contribution in [3.05, 3.63) is 23.8 Å². The summed E-state index contributed by atoms with van der Waals surface area (Å²) in [6.07, 6.45) is -7.52. The van der Waals surface area contributed by atoms with E-state index in [0.717, 1.165) is 0 Å². The van der Waals surface area contributed by atoms with Crippen LogP contribution in [0.15, 0.2) is 23.8 Å². The van der Waals surface area contributed by atoms with Crippen molar-refractivity contribution in [1.82, 2.24) is 0 Å². The summed E-state index contributed by atoms with van der Waals surface area (Å²) in [5, 5.41) is 7.96. The Balaban J connectivity index is 5.66. The molecule has 0 saturated heterocycles. The molecule has 0 rings (SSSR count). The molecular weight excluding hydrogens is 259 g/mol. The van der Waals surface area contributed by atoms with Gasteiger partial charge in [-0.1, -0.05) is 0 Å². The van der Waals surface area contributed by atoms with Crippen molar-refractivity contribution in [1.29, 1.82) is 0 Å². The van der Waals surface area contributed by atoms with E-state index >= 15 is 0 Å². The van der Waals surface area contributed by atoms with Crippen LogP contribution in [0.25, 0.3) is 0 Å². The molecule has 0 radical (unpaired) electrons. The molecule has 0 bridgehead atoms. The normalized spacial score (nSPS) is 15.4. The van der Waals surface area contributed by atoms with Gasteiger partial charge in [0.05, 0.1) is 0 Å². The highest BCUT2D eigenvalue weighted by atomic mass is 19.3. The van der Waals surface area contributed by atoms with Gasteiger partial charge in [-0.3, -0.25) is 0 Å². The van der Waals surface area contributed by atoms with Crippen LogP contribution in [-0.4, -0.2) is 16.9 Å². The van der Waals surface area contributed by atoms with E-state index in [4.69, 9.17) is 5.11 Å². The van der Waals surface area contributed by atoms with E-state index in [1.54, 1.807) is 0 Å². The Kier molecular flexibility index (Phi) is 4.03. The highest BCUT2D eigenvalue weighted by Crippen LogP contribution is 2.45. The molecule has 0 aromatic carbocycles. The monoisotopic (exact) mass is 260 g/mol. The maximum atomic E-state index is 12.4. The van der Waals surface area contributed by atoms with E-state index in [0.29, 0.717) is 0 Å². The first kappa shape index (κ1) is 14.8. The van der Waals surface area contributed by atoms with Gasteiger partial charge in [0, 0.05) is 0 Å². The molecule has 1 atom stereocenters. The van der Waals surface area contributed by atoms with E-state index in [2.05, 4.69) is 0 Å². The highest BCUT2D eigenvalue weighted by Gasteiger charge is 2.64. The number of hydrogen-bond acceptors (Lipinski definition) is 1. The van der Waals surface area contributed by atoms with Crippen LogP contribution in [0.2, 0.25) is 0 Å². The van der Waals surface area contributed by atoms with Crippen molar-refractivity contribution in [2.45, 2.75) is 11.8 Å². The summed E-state index contributed by atoms with van der Waals surface area (Å²) in [5.41, 5.74) is 0. The molecule has 1 nitrogen and oxygen atoms in total. The Morgan fingerprint density at radius 3 is 1.25 bits per heavy atom. The van der Waals surface area contributed by atoms with Crippen molar-refractivity contribution >= 4 is 0 Å². The zero-order valence-corrected chi connectivity index (χ0v) is 6.85. The second kappa shape index (κ2) is 4.36. The Bertz CT molecular complexity index is 300. The van der Waals surface area contributed by atoms with Crippen molar-refractivity contribution in [2.24, 2.45) is 0 Å². The smallest absolute Gasteiger partial charge is 0.351 e. The lowest BCUT2D eigenvalue weighted by atomic mass is 10.1. The van der Waals surface area contributed by atoms with E-state index in [1.807, 2.05) is 0 Å². The van der Waals surface area contributed by atoms with Crippen molar-refractivity contribution in [2.75, 3.05) is 0 Å². The molecule has 0 fully saturated rings. The largest absolute Gasteiger partial charge is 0.368 e. The summed E-state index contributed by atoms with van der Waals surface area (Å²) in [4.78, 5) is 0. The van der Waals surface area contributed by atoms with Gasteiger partial charge in [-0.15, -0.1) is 0 Å². The van der Waals surface area contributed by atoms with E-state index in [-0.39, 0.29) is 0 Å². The molecule has 1 N–H and O–H groups in total. The Morgan fingerprint density at radius 2 is 1.00 bits per heavy atom. The predicted octanol–water partition coefficient (Wildman–Crippen LogP) is 3.43. The van der Waals surface area contributed by atoms with Crippen molar-refractivity contribution < 1.29 is 44.6 Å². The Hall–Kier alpha value is -1.19. The number of alkyl halides is 3. The predicted molar refractivity (Wildman–Crippen MR) is 31.7 cm³/mol. The first-order valence-electron chi connectivity index (χ1n) is 3.17. The van der Waals surface area contributed by atoms with Crippen LogP contribution in [0.5, 0.6) is 0 Å². The minimum atomic E-state index is -6.18. The summed E-state index contributed by atoms with van der Waals surface area (Å²) < 4.78 is 106. The molecule has 0 spiro atoms. The summed E-state index contributed by atoms with van der Waals surface area (Å²) in [6.45, 7) is 0. The van der Waals surface area contributed by atoms with Crippen LogP contribution >= 0.6 is 0 Å². The number of halogens is 9. The zero-order valence-electron chi connectivity index (χ0n) is 6.85. The van der Waals surface area contributed by atoms with Crippen LogP contribution < -0.4 is 0 Å². The van der Waals surface area contributed by atoms with Gasteiger partial charge >= 0.3 is 23.9 Å². The van der Waals surface area contributed by atoms with E-state index in [9.17, 15) is 39.5 Å². The van der Waals surface area contributed by atoms with Gasteiger partial charge in [0.15, 0.2) is 0 Å². The highest BCUT2D eigenvalue weighted by molar-refractivity contribution is 5.20. The molecule has 1 unspecified atom stereocenters. The SMILES string of the molecule is OC(F)(C(F)=C(F)F)C(F)(F)C(F)=C(F)F. The molecule has 0 aromatic heterocycles. The third-order valence-corrected chi connectivity index (χ3v) is 1.31. The molecular formula is C6HF9O. The molecule has 10 heteroatoms. The van der Waals surface area contributed by atoms with E-state index < -0.39 is 35.6 Å². The molecule has 0 saturated carbocycles. The third kappa shape index (κ3) is 2.31. The van der Waals surface area contributed by atoms with Crippen LogP contribution in [0.1, 0.15) is 0 Å². The van der Waals surface area contributed by atoms with Crippen molar-refractivity contribution in [3.63, 3.8) is 0 Å². The quantitative estimate of drug-likeness (QED) is 0.770. The van der Waals surface area contributed by atoms with E-state index in [1.165, 1.54) is 0 Å². The van der Waals surface area contributed by atoms with Gasteiger partial charge in [0.2, 0.25) is 11.7 Å². The molecule has 16 heavy (non-hydrogen) atoms. The lowest BCUT2D eigenvalue weighted by Crippen LogP contribution is -2.46. The summed E-state index contributed by atoms with van der Waals surface area (Å²) in [6, 6.07) is 0. The molecule has 0 aliphatic rings. The summed E-state index contributed by atoms with van der Waals surface area (Å²) in [7, 11) is 0. The fourth-order valence-electron chi connectivity index (χ4n) is 0.527. The fourth-order valence-corrected chi connectivity index (χ4v) is 0.527. The van der Waals surface area contributed by atoms with Crippen molar-refractivity contribution in [3.8, 4) is 0 Å². The summed E-state index contributed by atoms with van der Waals surface area (Å²) >= 11 is 0. The van der Waals surface area contributed by atoms with Gasteiger partial charge < -0.3 is 5.11 Å². The standard InChI is InChI=1S/C6HF9O/c7-1(3(9)10)5(13,14)6(15,16)2(8)4(11)12/h16H. The third-order valence-electron chi connectivity index (χ3n) is 1.31. The molecule has 94 valence electrons. The van der Waals surface area contributed by atoms with Gasteiger partial charge in [0.1, 0.15) is 0 Å². The minimum absolute atomic E-state index is 3.74. The summed E-state index contributed by atoms with van der Waals surface area (Å²) in [5.74, 6) is -19.7. The lowest BCUT2D eigenvalue weighted by Gasteiger charge is -2.24. The molecule has 0 heterocycles. The maximum Gasteiger partial charge on any atom is 0.368 e. The van der Waals surface area contributed by atoms with Gasteiger partial charge in [-0.25, -0.2) is 0 Å². The second-order valence-corrected chi connectivity index (χ2v) is 2.35. The number of aliphatic hydroxyl groups is 1. The van der Waals surface area contributed by atoms with Crippen LogP contribution in [0, 0.1) is 0 Å². The number of rotatable bonds is 3. The van der Waals surface area contributed by atoms with Crippen LogP contribution in [0.3, 0.4) is 0 Å². The molecule has 0 aliphatic carbocycles. The lowest BCUT2D eigenvalue weighted by molar-refractivity contribution is -0.229. The first-order valence-corrected chi connectivity index (χ1v) is 3.17. The zero-order chi connectivity index (χ0) is 13.3. The Labute approximate surface area is 81.5 Å². The second-order valence-electron chi connectivity index (χ2n) is 2.35. The fraction of sp³-hybridized carbons (Fsp3) is 0.333. The van der Waals surface area contributed by atoms with Crippen LogP contribution in [0.4, 0.5) is 39.5 Å².